The van der Waals surface area contributed by atoms with Gasteiger partial charge >= 0.3 is 0 Å². The Kier molecular flexibility index (Phi) is 8.41. The number of hydrogen-bond donors (Lipinski definition) is 0. The van der Waals surface area contributed by atoms with Gasteiger partial charge in [-0.25, -0.2) is 0 Å². The third-order valence-electron chi connectivity index (χ3n) is 1.79. The van der Waals surface area contributed by atoms with E-state index in [2.05, 4.69) is 0 Å². The minimum atomic E-state index is -0.128. The fourth-order valence-corrected chi connectivity index (χ4v) is 1.04. The van der Waals surface area contributed by atoms with Crippen molar-refractivity contribution < 1.29 is 14.4 Å². The highest BCUT2D eigenvalue weighted by atomic mass is 16.1. The summed E-state index contributed by atoms with van der Waals surface area (Å²) in [6.07, 6.45) is 7.52. The maximum absolute atomic E-state index is 10.5. The maximum Gasteiger partial charge on any atom is 0.123 e. The first-order valence-corrected chi connectivity index (χ1v) is 4.51. The van der Waals surface area contributed by atoms with Crippen molar-refractivity contribution in [2.45, 2.75) is 32.1 Å². The number of unbranched alkanes of at least 4 members (excludes halogenated alkanes) is 2. The highest BCUT2D eigenvalue weighted by Gasteiger charge is 2.06. The Balaban J connectivity index is 3.40. The van der Waals surface area contributed by atoms with Gasteiger partial charge < -0.3 is 14.4 Å². The van der Waals surface area contributed by atoms with Gasteiger partial charge in [-0.2, -0.15) is 0 Å². The summed E-state index contributed by atoms with van der Waals surface area (Å²) >= 11 is 0. The molecule has 73 valence electrons. The third-order valence-corrected chi connectivity index (χ3v) is 1.79. The average molecular weight is 183 g/mol. The second-order valence-corrected chi connectivity index (χ2v) is 2.88. The van der Waals surface area contributed by atoms with Crippen LogP contribution in [0.4, 0.5) is 0 Å². The van der Waals surface area contributed by atoms with Gasteiger partial charge in [-0.05, 0) is 25.7 Å². The molecule has 0 N–H and O–H groups in total. The zero-order chi connectivity index (χ0) is 9.94. The smallest absolute Gasteiger partial charge is 0.123 e. The lowest BCUT2D eigenvalue weighted by Gasteiger charge is -2.05. The van der Waals surface area contributed by atoms with Crippen LogP contribution >= 0.6 is 0 Å². The Bertz CT molecular complexity index is 154. The standard InChI is InChI=1S/C10H15O3/c11-7-3-1-2-5-10(9-13)6-4-8-12/h5,7-10H,1-4,6H2. The lowest BCUT2D eigenvalue weighted by atomic mass is 9.98. The van der Waals surface area contributed by atoms with E-state index in [-0.39, 0.29) is 5.92 Å². The number of carbonyl (C=O) groups is 3. The summed E-state index contributed by atoms with van der Waals surface area (Å²) in [5.74, 6) is -0.128. The van der Waals surface area contributed by atoms with Crippen LogP contribution in [0.2, 0.25) is 0 Å². The number of rotatable bonds is 9. The van der Waals surface area contributed by atoms with Gasteiger partial charge in [0.15, 0.2) is 0 Å². The molecular formula is C10H15O3. The van der Waals surface area contributed by atoms with E-state index in [1.165, 1.54) is 0 Å². The van der Waals surface area contributed by atoms with Crippen LogP contribution in [-0.2, 0) is 14.4 Å². The van der Waals surface area contributed by atoms with Crippen LogP contribution in [0.15, 0.2) is 0 Å². The number of hydrogen-bond acceptors (Lipinski definition) is 3. The Morgan fingerprint density at radius 1 is 0.923 bits per heavy atom. The van der Waals surface area contributed by atoms with Crippen LogP contribution in [0.5, 0.6) is 0 Å². The molecular weight excluding hydrogens is 168 g/mol. The second kappa shape index (κ2) is 9.10. The average Bonchev–Trinajstić information content (AvgIpc) is 2.17. The second-order valence-electron chi connectivity index (χ2n) is 2.88. The summed E-state index contributed by atoms with van der Waals surface area (Å²) < 4.78 is 0. The molecule has 0 fully saturated rings. The number of aldehydes is 3. The third kappa shape index (κ3) is 7.37. The van der Waals surface area contributed by atoms with Crippen LogP contribution in [0.25, 0.3) is 0 Å². The Hall–Kier alpha value is -0.990. The molecule has 1 radical (unpaired) electrons. The molecule has 0 aromatic heterocycles. The molecule has 0 saturated carbocycles. The molecule has 0 heterocycles. The van der Waals surface area contributed by atoms with Crippen LogP contribution in [0, 0.1) is 12.3 Å². The zero-order valence-electron chi connectivity index (χ0n) is 7.65. The first-order valence-electron chi connectivity index (χ1n) is 4.51. The van der Waals surface area contributed by atoms with Crippen molar-refractivity contribution in [3.8, 4) is 0 Å². The largest absolute Gasteiger partial charge is 0.303 e. The molecule has 3 heteroatoms. The molecule has 0 spiro atoms. The predicted molar refractivity (Wildman–Crippen MR) is 49.1 cm³/mol. The summed E-state index contributed by atoms with van der Waals surface area (Å²) in [5.41, 5.74) is 0. The first kappa shape index (κ1) is 12.0. The molecule has 0 rings (SSSR count). The maximum atomic E-state index is 10.5. The Morgan fingerprint density at radius 3 is 2.15 bits per heavy atom. The lowest BCUT2D eigenvalue weighted by Crippen LogP contribution is -2.03. The normalized spacial score (nSPS) is 12.0. The van der Waals surface area contributed by atoms with E-state index in [0.29, 0.717) is 19.3 Å². The molecule has 0 saturated heterocycles. The Morgan fingerprint density at radius 2 is 1.62 bits per heavy atom. The van der Waals surface area contributed by atoms with E-state index in [4.69, 9.17) is 0 Å². The topological polar surface area (TPSA) is 51.2 Å². The van der Waals surface area contributed by atoms with E-state index < -0.39 is 0 Å². The molecule has 0 aliphatic heterocycles. The summed E-state index contributed by atoms with van der Waals surface area (Å²) in [7, 11) is 0. The molecule has 3 nitrogen and oxygen atoms in total. The van der Waals surface area contributed by atoms with Crippen molar-refractivity contribution in [3.63, 3.8) is 0 Å². The van der Waals surface area contributed by atoms with Crippen molar-refractivity contribution in [3.05, 3.63) is 6.42 Å². The van der Waals surface area contributed by atoms with Gasteiger partial charge in [0.1, 0.15) is 18.9 Å². The van der Waals surface area contributed by atoms with Crippen LogP contribution < -0.4 is 0 Å². The molecule has 1 unspecified atom stereocenters. The molecule has 0 amide bonds. The van der Waals surface area contributed by atoms with Crippen molar-refractivity contribution >= 4 is 18.9 Å². The van der Waals surface area contributed by atoms with E-state index in [1.807, 2.05) is 6.42 Å². The first-order chi connectivity index (χ1) is 6.35. The molecule has 0 aromatic rings. The van der Waals surface area contributed by atoms with Crippen LogP contribution in [0.3, 0.4) is 0 Å². The van der Waals surface area contributed by atoms with Crippen LogP contribution in [-0.4, -0.2) is 18.9 Å². The van der Waals surface area contributed by atoms with E-state index >= 15 is 0 Å². The fraction of sp³-hybridized carbons (Fsp3) is 0.600. The molecule has 0 aromatic carbocycles. The highest BCUT2D eigenvalue weighted by Crippen LogP contribution is 2.11. The minimum Gasteiger partial charge on any atom is -0.303 e. The van der Waals surface area contributed by atoms with Crippen molar-refractivity contribution in [2.24, 2.45) is 5.92 Å². The Labute approximate surface area is 78.5 Å². The zero-order valence-corrected chi connectivity index (χ0v) is 7.65. The molecule has 0 aliphatic carbocycles. The monoisotopic (exact) mass is 183 g/mol. The van der Waals surface area contributed by atoms with Gasteiger partial charge in [0, 0.05) is 18.8 Å². The summed E-state index contributed by atoms with van der Waals surface area (Å²) in [4.78, 5) is 30.4. The van der Waals surface area contributed by atoms with Crippen molar-refractivity contribution in [1.29, 1.82) is 0 Å². The minimum absolute atomic E-state index is 0.128. The van der Waals surface area contributed by atoms with Crippen molar-refractivity contribution in [1.82, 2.24) is 0 Å². The number of carbonyl (C=O) groups excluding carboxylic acids is 3. The van der Waals surface area contributed by atoms with E-state index in [9.17, 15) is 14.4 Å². The van der Waals surface area contributed by atoms with E-state index in [0.717, 1.165) is 31.7 Å². The van der Waals surface area contributed by atoms with Gasteiger partial charge in [-0.1, -0.05) is 0 Å². The predicted octanol–water partition coefficient (Wildman–Crippen LogP) is 1.35. The highest BCUT2D eigenvalue weighted by molar-refractivity contribution is 5.57. The fourth-order valence-electron chi connectivity index (χ4n) is 1.04. The van der Waals surface area contributed by atoms with Gasteiger partial charge in [-0.15, -0.1) is 0 Å². The summed E-state index contributed by atoms with van der Waals surface area (Å²) in [6, 6.07) is 0. The summed E-state index contributed by atoms with van der Waals surface area (Å²) in [5, 5.41) is 0. The van der Waals surface area contributed by atoms with Gasteiger partial charge in [-0.3, -0.25) is 0 Å². The van der Waals surface area contributed by atoms with Gasteiger partial charge in [0.25, 0.3) is 0 Å². The molecule has 1 atom stereocenters. The summed E-state index contributed by atoms with van der Waals surface area (Å²) in [6.45, 7) is 0. The molecule has 13 heavy (non-hydrogen) atoms. The SMILES string of the molecule is O=CCCC[CH]C(C=O)CCC=O. The van der Waals surface area contributed by atoms with Crippen LogP contribution in [0.1, 0.15) is 32.1 Å². The van der Waals surface area contributed by atoms with Gasteiger partial charge in [0.05, 0.1) is 0 Å². The van der Waals surface area contributed by atoms with Crippen molar-refractivity contribution in [2.75, 3.05) is 0 Å². The lowest BCUT2D eigenvalue weighted by molar-refractivity contribution is -0.111. The van der Waals surface area contributed by atoms with E-state index in [1.54, 1.807) is 0 Å². The molecule has 0 bridgehead atoms. The van der Waals surface area contributed by atoms with Gasteiger partial charge in [0.2, 0.25) is 0 Å². The molecule has 0 aliphatic rings. The quantitative estimate of drug-likeness (QED) is 0.400.